The van der Waals surface area contributed by atoms with Crippen LogP contribution in [-0.2, 0) is 19.9 Å². The molecule has 1 atom stereocenters. The van der Waals surface area contributed by atoms with E-state index in [0.717, 1.165) is 24.5 Å². The third-order valence-electron chi connectivity index (χ3n) is 2.51. The van der Waals surface area contributed by atoms with Crippen LogP contribution < -0.4 is 4.72 Å². The lowest BCUT2D eigenvalue weighted by atomic mass is 10.2. The van der Waals surface area contributed by atoms with Crippen molar-refractivity contribution in [2.45, 2.75) is 16.7 Å². The summed E-state index contributed by atoms with van der Waals surface area (Å²) in [6.07, 6.45) is 0.928. The lowest BCUT2D eigenvalue weighted by Crippen LogP contribution is -2.29. The Morgan fingerprint density at radius 1 is 1.30 bits per heavy atom. The number of benzene rings is 1. The fraction of sp³-hybridized carbons (Fsp3) is 0.455. The molecule has 1 unspecified atom stereocenters. The van der Waals surface area contributed by atoms with Gasteiger partial charge in [0.1, 0.15) is 10.7 Å². The van der Waals surface area contributed by atoms with Crippen molar-refractivity contribution in [3.05, 3.63) is 24.0 Å². The van der Waals surface area contributed by atoms with Crippen molar-refractivity contribution in [2.24, 2.45) is 5.92 Å². The SMILES string of the molecule is CC(CBr)CNS(=O)(=O)c1cc(S(C)(=O)=O)ccc1F. The van der Waals surface area contributed by atoms with Crippen LogP contribution in [0.5, 0.6) is 0 Å². The zero-order valence-corrected chi connectivity index (χ0v) is 14.1. The molecule has 0 amide bonds. The first kappa shape index (κ1) is 17.5. The fourth-order valence-electron chi connectivity index (χ4n) is 1.30. The van der Waals surface area contributed by atoms with Crippen LogP contribution in [0.2, 0.25) is 0 Å². The van der Waals surface area contributed by atoms with Crippen LogP contribution in [0.15, 0.2) is 28.0 Å². The second kappa shape index (κ2) is 6.50. The molecule has 1 N–H and O–H groups in total. The topological polar surface area (TPSA) is 80.3 Å². The molecule has 0 aromatic heterocycles. The highest BCUT2D eigenvalue weighted by atomic mass is 79.9. The number of alkyl halides is 1. The Labute approximate surface area is 126 Å². The summed E-state index contributed by atoms with van der Waals surface area (Å²) in [6.45, 7) is 1.93. The van der Waals surface area contributed by atoms with E-state index < -0.39 is 30.6 Å². The predicted octanol–water partition coefficient (Wildman–Crippen LogP) is 1.54. The molecule has 1 aromatic carbocycles. The molecule has 0 spiro atoms. The molecule has 1 rings (SSSR count). The maximum absolute atomic E-state index is 13.6. The van der Waals surface area contributed by atoms with E-state index in [-0.39, 0.29) is 17.4 Å². The maximum atomic E-state index is 13.6. The predicted molar refractivity (Wildman–Crippen MR) is 77.7 cm³/mol. The summed E-state index contributed by atoms with van der Waals surface area (Å²) >= 11 is 3.20. The maximum Gasteiger partial charge on any atom is 0.243 e. The monoisotopic (exact) mass is 387 g/mol. The van der Waals surface area contributed by atoms with E-state index in [1.807, 2.05) is 0 Å². The molecule has 0 saturated heterocycles. The first-order valence-electron chi connectivity index (χ1n) is 5.63. The standard InChI is InChI=1S/C11H15BrFNO4S2/c1-8(6-12)7-14-20(17,18)11-5-9(19(2,15)16)3-4-10(11)13/h3-5,8,14H,6-7H2,1-2H3. The second-order valence-corrected chi connectivity index (χ2v) is 8.87. The van der Waals surface area contributed by atoms with Gasteiger partial charge in [-0.2, -0.15) is 0 Å². The minimum absolute atomic E-state index is 0.0194. The van der Waals surface area contributed by atoms with Gasteiger partial charge in [-0.3, -0.25) is 0 Å². The van der Waals surface area contributed by atoms with Gasteiger partial charge in [-0.25, -0.2) is 25.9 Å². The van der Waals surface area contributed by atoms with Crippen LogP contribution in [-0.4, -0.2) is 35.0 Å². The van der Waals surface area contributed by atoms with E-state index in [0.29, 0.717) is 5.33 Å². The first-order valence-corrected chi connectivity index (χ1v) is 10.1. The molecular weight excluding hydrogens is 373 g/mol. The van der Waals surface area contributed by atoms with Gasteiger partial charge in [0.15, 0.2) is 9.84 Å². The molecule has 0 aliphatic rings. The molecule has 9 heteroatoms. The highest BCUT2D eigenvalue weighted by Gasteiger charge is 2.22. The molecule has 0 heterocycles. The van der Waals surface area contributed by atoms with Gasteiger partial charge < -0.3 is 0 Å². The van der Waals surface area contributed by atoms with Crippen molar-refractivity contribution in [3.63, 3.8) is 0 Å². The van der Waals surface area contributed by atoms with Crippen LogP contribution in [0.25, 0.3) is 0 Å². The van der Waals surface area contributed by atoms with E-state index >= 15 is 0 Å². The van der Waals surface area contributed by atoms with Crippen molar-refractivity contribution < 1.29 is 21.2 Å². The van der Waals surface area contributed by atoms with Gasteiger partial charge in [-0.05, 0) is 24.1 Å². The quantitative estimate of drug-likeness (QED) is 0.592. The van der Waals surface area contributed by atoms with Crippen LogP contribution in [0.4, 0.5) is 4.39 Å². The van der Waals surface area contributed by atoms with E-state index in [1.54, 1.807) is 6.92 Å². The van der Waals surface area contributed by atoms with Crippen LogP contribution in [0.3, 0.4) is 0 Å². The normalized spacial score (nSPS) is 14.2. The van der Waals surface area contributed by atoms with Crippen molar-refractivity contribution >= 4 is 35.8 Å². The molecule has 1 aromatic rings. The molecule has 0 radical (unpaired) electrons. The van der Waals surface area contributed by atoms with E-state index in [1.165, 1.54) is 0 Å². The summed E-state index contributed by atoms with van der Waals surface area (Å²) in [5, 5.41) is 0.585. The molecule has 0 fully saturated rings. The number of nitrogens with one attached hydrogen (secondary N) is 1. The van der Waals surface area contributed by atoms with E-state index in [2.05, 4.69) is 20.7 Å². The highest BCUT2D eigenvalue weighted by Crippen LogP contribution is 2.19. The molecule has 114 valence electrons. The van der Waals surface area contributed by atoms with Gasteiger partial charge in [0, 0.05) is 18.1 Å². The Bertz CT molecular complexity index is 688. The van der Waals surface area contributed by atoms with Crippen molar-refractivity contribution in [1.82, 2.24) is 4.72 Å². The van der Waals surface area contributed by atoms with Crippen LogP contribution in [0, 0.1) is 11.7 Å². The van der Waals surface area contributed by atoms with Crippen LogP contribution >= 0.6 is 15.9 Å². The molecule has 20 heavy (non-hydrogen) atoms. The summed E-state index contributed by atoms with van der Waals surface area (Å²) in [4.78, 5) is -0.907. The average Bonchev–Trinajstić information content (AvgIpc) is 2.34. The van der Waals surface area contributed by atoms with Gasteiger partial charge >= 0.3 is 0 Å². The Morgan fingerprint density at radius 2 is 1.90 bits per heavy atom. The largest absolute Gasteiger partial charge is 0.243 e. The summed E-state index contributed by atoms with van der Waals surface area (Å²) < 4.78 is 62.7. The second-order valence-electron chi connectivity index (χ2n) is 4.48. The van der Waals surface area contributed by atoms with Gasteiger partial charge in [0.2, 0.25) is 10.0 Å². The zero-order valence-electron chi connectivity index (χ0n) is 10.9. The lowest BCUT2D eigenvalue weighted by Gasteiger charge is -2.11. The minimum atomic E-state index is -4.09. The number of rotatable bonds is 6. The average molecular weight is 388 g/mol. The molecule has 0 aliphatic heterocycles. The van der Waals surface area contributed by atoms with Crippen molar-refractivity contribution in [2.75, 3.05) is 18.1 Å². The van der Waals surface area contributed by atoms with E-state index in [4.69, 9.17) is 0 Å². The Kier molecular flexibility index (Phi) is 5.70. The third-order valence-corrected chi connectivity index (χ3v) is 6.16. The smallest absolute Gasteiger partial charge is 0.224 e. The molecule has 0 saturated carbocycles. The Morgan fingerprint density at radius 3 is 2.40 bits per heavy atom. The van der Waals surface area contributed by atoms with E-state index in [9.17, 15) is 21.2 Å². The number of sulfone groups is 1. The number of hydrogen-bond acceptors (Lipinski definition) is 4. The number of hydrogen-bond donors (Lipinski definition) is 1. The molecule has 0 bridgehead atoms. The summed E-state index contributed by atoms with van der Waals surface area (Å²) in [5.41, 5.74) is 0. The summed E-state index contributed by atoms with van der Waals surface area (Å²) in [7, 11) is -7.69. The van der Waals surface area contributed by atoms with Gasteiger partial charge in [-0.1, -0.05) is 22.9 Å². The third kappa shape index (κ3) is 4.51. The molecule has 0 aliphatic carbocycles. The molecular formula is C11H15BrFNO4S2. The Balaban J connectivity index is 3.18. The van der Waals surface area contributed by atoms with Gasteiger partial charge in [-0.15, -0.1) is 0 Å². The number of sulfonamides is 1. The van der Waals surface area contributed by atoms with Crippen molar-refractivity contribution in [3.8, 4) is 0 Å². The lowest BCUT2D eigenvalue weighted by molar-refractivity contribution is 0.544. The first-order chi connectivity index (χ1) is 9.08. The molecule has 5 nitrogen and oxygen atoms in total. The summed E-state index contributed by atoms with van der Waals surface area (Å²) in [6, 6.07) is 2.69. The Hall–Kier alpha value is -0.510. The minimum Gasteiger partial charge on any atom is -0.224 e. The van der Waals surface area contributed by atoms with Crippen molar-refractivity contribution in [1.29, 1.82) is 0 Å². The van der Waals surface area contributed by atoms with Gasteiger partial charge in [0.05, 0.1) is 4.90 Å². The highest BCUT2D eigenvalue weighted by molar-refractivity contribution is 9.09. The zero-order chi connectivity index (χ0) is 15.6. The number of halogens is 2. The van der Waals surface area contributed by atoms with Crippen LogP contribution in [0.1, 0.15) is 6.92 Å². The summed E-state index contributed by atoms with van der Waals surface area (Å²) in [5.74, 6) is -0.970. The fourth-order valence-corrected chi connectivity index (χ4v) is 3.52. The van der Waals surface area contributed by atoms with Gasteiger partial charge in [0.25, 0.3) is 0 Å².